The van der Waals surface area contributed by atoms with Crippen LogP contribution in [0.2, 0.25) is 5.02 Å². The lowest BCUT2D eigenvalue weighted by Crippen LogP contribution is -2.24. The minimum atomic E-state index is -1.15. The zero-order valence-electron chi connectivity index (χ0n) is 8.04. The quantitative estimate of drug-likeness (QED) is 0.869. The Morgan fingerprint density at radius 2 is 2.33 bits per heavy atom. The Morgan fingerprint density at radius 1 is 1.67 bits per heavy atom. The summed E-state index contributed by atoms with van der Waals surface area (Å²) in [5.41, 5.74) is 0.803. The van der Waals surface area contributed by atoms with Crippen molar-refractivity contribution in [2.45, 2.75) is 12.5 Å². The van der Waals surface area contributed by atoms with Crippen molar-refractivity contribution in [3.8, 4) is 0 Å². The van der Waals surface area contributed by atoms with Crippen LogP contribution in [0.25, 0.3) is 0 Å². The van der Waals surface area contributed by atoms with Crippen LogP contribution >= 0.6 is 27.5 Å². The van der Waals surface area contributed by atoms with Crippen molar-refractivity contribution in [2.75, 3.05) is 7.11 Å². The monoisotopic (exact) mass is 292 g/mol. The highest BCUT2D eigenvalue weighted by Gasteiger charge is 2.17. The molecule has 0 saturated carbocycles. The van der Waals surface area contributed by atoms with Gasteiger partial charge < -0.3 is 9.84 Å². The summed E-state index contributed by atoms with van der Waals surface area (Å²) in [4.78, 5) is 11.0. The lowest BCUT2D eigenvalue weighted by atomic mass is 10.1. The molecule has 0 amide bonds. The van der Waals surface area contributed by atoms with Gasteiger partial charge in [0.25, 0.3) is 0 Å². The van der Waals surface area contributed by atoms with Gasteiger partial charge in [-0.2, -0.15) is 0 Å². The highest BCUT2D eigenvalue weighted by molar-refractivity contribution is 9.10. The Hall–Kier alpha value is -0.580. The second-order valence-electron chi connectivity index (χ2n) is 2.98. The molecular formula is C10H10BrClO3. The first-order valence-corrected chi connectivity index (χ1v) is 5.41. The molecule has 0 radical (unpaired) electrons. The van der Waals surface area contributed by atoms with Crippen molar-refractivity contribution in [1.82, 2.24) is 0 Å². The smallest absolute Gasteiger partial charge is 0.335 e. The summed E-state index contributed by atoms with van der Waals surface area (Å²) < 4.78 is 5.18. The van der Waals surface area contributed by atoms with E-state index in [2.05, 4.69) is 20.7 Å². The average molecular weight is 294 g/mol. The first-order chi connectivity index (χ1) is 7.04. The number of carbonyl (C=O) groups is 1. The summed E-state index contributed by atoms with van der Waals surface area (Å²) in [7, 11) is 1.24. The van der Waals surface area contributed by atoms with Crippen molar-refractivity contribution in [3.63, 3.8) is 0 Å². The van der Waals surface area contributed by atoms with Gasteiger partial charge in [0.1, 0.15) is 0 Å². The number of hydrogen-bond donors (Lipinski definition) is 1. The molecule has 1 aromatic rings. The zero-order valence-corrected chi connectivity index (χ0v) is 10.4. The number of esters is 1. The fourth-order valence-corrected chi connectivity index (χ4v) is 1.96. The Morgan fingerprint density at radius 3 is 2.87 bits per heavy atom. The number of rotatable bonds is 3. The molecule has 1 atom stereocenters. The van der Waals surface area contributed by atoms with E-state index in [-0.39, 0.29) is 6.42 Å². The van der Waals surface area contributed by atoms with Gasteiger partial charge in [0.05, 0.1) is 7.11 Å². The normalized spacial score (nSPS) is 12.3. The van der Waals surface area contributed by atoms with E-state index < -0.39 is 12.1 Å². The molecule has 0 spiro atoms. The number of ether oxygens (including phenoxy) is 1. The molecule has 1 N–H and O–H groups in total. The second kappa shape index (κ2) is 5.49. The summed E-state index contributed by atoms with van der Waals surface area (Å²) in [5.74, 6) is -0.642. The number of benzene rings is 1. The summed E-state index contributed by atoms with van der Waals surface area (Å²) in [6, 6.07) is 5.16. The topological polar surface area (TPSA) is 46.5 Å². The van der Waals surface area contributed by atoms with Crippen molar-refractivity contribution in [1.29, 1.82) is 0 Å². The Bertz CT molecular complexity index is 368. The van der Waals surface area contributed by atoms with Crippen LogP contribution in [-0.4, -0.2) is 24.3 Å². The molecule has 3 nitrogen and oxygen atoms in total. The van der Waals surface area contributed by atoms with E-state index in [1.165, 1.54) is 7.11 Å². The maximum absolute atomic E-state index is 11.0. The molecule has 82 valence electrons. The SMILES string of the molecule is COC(=O)C(O)Cc1ccc(Cl)cc1Br. The third-order valence-electron chi connectivity index (χ3n) is 1.90. The van der Waals surface area contributed by atoms with Gasteiger partial charge in [0, 0.05) is 15.9 Å². The van der Waals surface area contributed by atoms with Crippen molar-refractivity contribution < 1.29 is 14.6 Å². The van der Waals surface area contributed by atoms with Crippen LogP contribution in [0.3, 0.4) is 0 Å². The van der Waals surface area contributed by atoms with Gasteiger partial charge >= 0.3 is 5.97 Å². The summed E-state index contributed by atoms with van der Waals surface area (Å²) in [6.45, 7) is 0. The van der Waals surface area contributed by atoms with Gasteiger partial charge in [-0.1, -0.05) is 33.6 Å². The molecule has 0 aliphatic carbocycles. The van der Waals surface area contributed by atoms with E-state index in [1.54, 1.807) is 18.2 Å². The van der Waals surface area contributed by atoms with Crippen LogP contribution in [0.1, 0.15) is 5.56 Å². The van der Waals surface area contributed by atoms with Gasteiger partial charge in [0.2, 0.25) is 0 Å². The third-order valence-corrected chi connectivity index (χ3v) is 2.87. The number of carbonyl (C=O) groups excluding carboxylic acids is 1. The Kier molecular flexibility index (Phi) is 4.57. The predicted molar refractivity (Wildman–Crippen MR) is 60.9 cm³/mol. The molecule has 0 aliphatic rings. The van der Waals surface area contributed by atoms with Crippen molar-refractivity contribution >= 4 is 33.5 Å². The lowest BCUT2D eigenvalue weighted by molar-refractivity contribution is -0.150. The molecular weight excluding hydrogens is 283 g/mol. The molecule has 0 aromatic heterocycles. The molecule has 1 unspecified atom stereocenters. The molecule has 0 bridgehead atoms. The second-order valence-corrected chi connectivity index (χ2v) is 4.27. The van der Waals surface area contributed by atoms with Gasteiger partial charge in [0.15, 0.2) is 6.10 Å². The standard InChI is InChI=1S/C10H10BrClO3/c1-15-10(14)9(13)4-6-2-3-7(12)5-8(6)11/h2-3,5,9,13H,4H2,1H3. The van der Waals surface area contributed by atoms with Gasteiger partial charge in [-0.3, -0.25) is 0 Å². The van der Waals surface area contributed by atoms with Crippen LogP contribution in [-0.2, 0) is 16.0 Å². The Balaban J connectivity index is 2.76. The minimum Gasteiger partial charge on any atom is -0.467 e. The number of hydrogen-bond acceptors (Lipinski definition) is 3. The largest absolute Gasteiger partial charge is 0.467 e. The summed E-state index contributed by atoms with van der Waals surface area (Å²) >= 11 is 9.06. The lowest BCUT2D eigenvalue weighted by Gasteiger charge is -2.09. The predicted octanol–water partition coefficient (Wildman–Crippen LogP) is 2.18. The molecule has 1 aromatic carbocycles. The molecule has 0 fully saturated rings. The summed E-state index contributed by atoms with van der Waals surface area (Å²) in [5, 5.41) is 10.0. The molecule has 15 heavy (non-hydrogen) atoms. The number of halogens is 2. The maximum Gasteiger partial charge on any atom is 0.335 e. The molecule has 0 heterocycles. The van der Waals surface area contributed by atoms with E-state index >= 15 is 0 Å². The van der Waals surface area contributed by atoms with Crippen LogP contribution in [0.4, 0.5) is 0 Å². The molecule has 1 rings (SSSR count). The first kappa shape index (κ1) is 12.5. The zero-order chi connectivity index (χ0) is 11.4. The summed E-state index contributed by atoms with van der Waals surface area (Å²) in [6.07, 6.45) is -0.947. The van der Waals surface area contributed by atoms with Crippen LogP contribution in [0.5, 0.6) is 0 Å². The highest BCUT2D eigenvalue weighted by atomic mass is 79.9. The molecule has 0 aliphatic heterocycles. The third kappa shape index (κ3) is 3.48. The average Bonchev–Trinajstić information content (AvgIpc) is 2.20. The van der Waals surface area contributed by atoms with E-state index in [1.807, 2.05) is 0 Å². The fourth-order valence-electron chi connectivity index (χ4n) is 1.11. The minimum absolute atomic E-state index is 0.199. The van der Waals surface area contributed by atoms with E-state index in [0.717, 1.165) is 10.0 Å². The van der Waals surface area contributed by atoms with Crippen LogP contribution in [0, 0.1) is 0 Å². The van der Waals surface area contributed by atoms with Crippen LogP contribution in [0.15, 0.2) is 22.7 Å². The highest BCUT2D eigenvalue weighted by Crippen LogP contribution is 2.22. The molecule has 5 heteroatoms. The van der Waals surface area contributed by atoms with Gasteiger partial charge in [-0.25, -0.2) is 4.79 Å². The van der Waals surface area contributed by atoms with E-state index in [9.17, 15) is 9.90 Å². The van der Waals surface area contributed by atoms with E-state index in [0.29, 0.717) is 5.02 Å². The van der Waals surface area contributed by atoms with Crippen molar-refractivity contribution in [3.05, 3.63) is 33.3 Å². The number of aliphatic hydroxyl groups excluding tert-OH is 1. The van der Waals surface area contributed by atoms with Gasteiger partial charge in [-0.05, 0) is 17.7 Å². The molecule has 0 saturated heterocycles. The van der Waals surface area contributed by atoms with Gasteiger partial charge in [-0.15, -0.1) is 0 Å². The fraction of sp³-hybridized carbons (Fsp3) is 0.300. The Labute approximate surface area is 101 Å². The van der Waals surface area contributed by atoms with Crippen LogP contribution < -0.4 is 0 Å². The van der Waals surface area contributed by atoms with Crippen molar-refractivity contribution in [2.24, 2.45) is 0 Å². The van der Waals surface area contributed by atoms with E-state index in [4.69, 9.17) is 11.6 Å². The number of methoxy groups -OCH3 is 1. The number of aliphatic hydroxyl groups is 1. The first-order valence-electron chi connectivity index (χ1n) is 4.24. The maximum atomic E-state index is 11.0.